The lowest BCUT2D eigenvalue weighted by Crippen LogP contribution is -2.22. The largest absolute Gasteiger partial charge is 0.300 e. The Morgan fingerprint density at radius 3 is 2.44 bits per heavy atom. The molecule has 1 aromatic heterocycles. The van der Waals surface area contributed by atoms with Gasteiger partial charge in [-0.05, 0) is 44.3 Å². The van der Waals surface area contributed by atoms with Gasteiger partial charge in [0.25, 0.3) is 0 Å². The normalized spacial score (nSPS) is 13.3. The van der Waals surface area contributed by atoms with E-state index in [2.05, 4.69) is 36.8 Å². The molecule has 0 fully saturated rings. The summed E-state index contributed by atoms with van der Waals surface area (Å²) in [6.07, 6.45) is 1.47. The summed E-state index contributed by atoms with van der Waals surface area (Å²) < 4.78 is 25.6. The molecule has 0 spiro atoms. The summed E-state index contributed by atoms with van der Waals surface area (Å²) in [7, 11) is -1.49. The Morgan fingerprint density at radius 1 is 1.04 bits per heavy atom. The van der Waals surface area contributed by atoms with E-state index in [9.17, 15) is 8.42 Å². The van der Waals surface area contributed by atoms with Crippen molar-refractivity contribution < 1.29 is 8.42 Å². The number of nitrogens with zero attached hydrogens (tertiary/aromatic N) is 2. The number of aromatic nitrogens is 1. The van der Waals surface area contributed by atoms with Gasteiger partial charge in [-0.2, -0.15) is 0 Å². The van der Waals surface area contributed by atoms with Crippen molar-refractivity contribution in [2.24, 2.45) is 0 Å². The van der Waals surface area contributed by atoms with E-state index in [0.717, 1.165) is 23.0 Å². The molecule has 0 saturated heterocycles. The topological polar surface area (TPSA) is 50.3 Å². The van der Waals surface area contributed by atoms with E-state index in [4.69, 9.17) is 0 Å². The molecule has 2 aromatic carbocycles. The number of hydrogen-bond acceptors (Lipinski definition) is 4. The SMILES string of the molecule is CCN(C)C(C)c1cccc2cc(S(=O)(=O)c3ccccc3)cnc12. The van der Waals surface area contributed by atoms with Crippen LogP contribution in [-0.4, -0.2) is 31.9 Å². The number of fused-ring (bicyclic) bond motifs is 1. The summed E-state index contributed by atoms with van der Waals surface area (Å²) in [5.74, 6) is 0. The molecule has 0 N–H and O–H groups in total. The number of sulfone groups is 1. The Morgan fingerprint density at radius 2 is 1.76 bits per heavy atom. The predicted molar refractivity (Wildman–Crippen MR) is 100 cm³/mol. The molecule has 0 aliphatic rings. The van der Waals surface area contributed by atoms with Gasteiger partial charge in [-0.3, -0.25) is 9.88 Å². The van der Waals surface area contributed by atoms with Crippen LogP contribution < -0.4 is 0 Å². The molecule has 0 radical (unpaired) electrons. The molecule has 4 nitrogen and oxygen atoms in total. The van der Waals surface area contributed by atoms with E-state index in [1.165, 1.54) is 6.20 Å². The molecule has 1 atom stereocenters. The summed E-state index contributed by atoms with van der Waals surface area (Å²) in [5.41, 5.74) is 1.95. The molecule has 0 saturated carbocycles. The lowest BCUT2D eigenvalue weighted by molar-refractivity contribution is 0.277. The second-order valence-corrected chi connectivity index (χ2v) is 8.11. The highest BCUT2D eigenvalue weighted by atomic mass is 32.2. The molecular weight excluding hydrogens is 332 g/mol. The average molecular weight is 354 g/mol. The van der Waals surface area contributed by atoms with Gasteiger partial charge in [0.15, 0.2) is 0 Å². The van der Waals surface area contributed by atoms with Gasteiger partial charge < -0.3 is 0 Å². The van der Waals surface area contributed by atoms with E-state index in [1.807, 2.05) is 12.1 Å². The molecular formula is C20H22N2O2S. The molecule has 0 aliphatic heterocycles. The van der Waals surface area contributed by atoms with Gasteiger partial charge in [-0.15, -0.1) is 0 Å². The van der Waals surface area contributed by atoms with E-state index < -0.39 is 9.84 Å². The minimum atomic E-state index is -3.56. The molecule has 1 unspecified atom stereocenters. The maximum absolute atomic E-state index is 12.8. The Hall–Kier alpha value is -2.24. The molecule has 3 rings (SSSR count). The third-order valence-corrected chi connectivity index (χ3v) is 6.43. The van der Waals surface area contributed by atoms with Crippen LogP contribution in [0.15, 0.2) is 70.6 Å². The third kappa shape index (κ3) is 3.30. The van der Waals surface area contributed by atoms with Crippen LogP contribution in [0, 0.1) is 0 Å². The molecule has 130 valence electrons. The van der Waals surface area contributed by atoms with Crippen LogP contribution in [0.3, 0.4) is 0 Å². The van der Waals surface area contributed by atoms with Gasteiger partial charge >= 0.3 is 0 Å². The first-order valence-electron chi connectivity index (χ1n) is 8.34. The summed E-state index contributed by atoms with van der Waals surface area (Å²) in [4.78, 5) is 7.24. The van der Waals surface area contributed by atoms with Crippen molar-refractivity contribution in [1.82, 2.24) is 9.88 Å². The van der Waals surface area contributed by atoms with Crippen molar-refractivity contribution in [2.75, 3.05) is 13.6 Å². The fourth-order valence-electron chi connectivity index (χ4n) is 2.90. The maximum atomic E-state index is 12.8. The van der Waals surface area contributed by atoms with Crippen LogP contribution in [0.4, 0.5) is 0 Å². The zero-order valence-corrected chi connectivity index (χ0v) is 15.5. The monoisotopic (exact) mass is 354 g/mol. The van der Waals surface area contributed by atoms with Crippen LogP contribution in [0.25, 0.3) is 10.9 Å². The number of benzene rings is 2. The molecule has 1 heterocycles. The van der Waals surface area contributed by atoms with Crippen molar-refractivity contribution in [3.05, 3.63) is 66.4 Å². The zero-order valence-electron chi connectivity index (χ0n) is 14.7. The smallest absolute Gasteiger partial charge is 0.208 e. The summed E-state index contributed by atoms with van der Waals surface area (Å²) in [6, 6.07) is 16.3. The van der Waals surface area contributed by atoms with Crippen molar-refractivity contribution in [1.29, 1.82) is 0 Å². The van der Waals surface area contributed by atoms with E-state index in [-0.39, 0.29) is 15.8 Å². The van der Waals surface area contributed by atoms with Crippen LogP contribution >= 0.6 is 0 Å². The van der Waals surface area contributed by atoms with Gasteiger partial charge in [0.1, 0.15) is 0 Å². The quantitative estimate of drug-likeness (QED) is 0.693. The standard InChI is InChI=1S/C20H22N2O2S/c1-4-22(3)15(2)19-12-8-9-16-13-18(14-21-20(16)19)25(23,24)17-10-6-5-7-11-17/h5-15H,4H2,1-3H3. The molecule has 3 aromatic rings. The summed E-state index contributed by atoms with van der Waals surface area (Å²) in [6.45, 7) is 5.17. The second-order valence-electron chi connectivity index (χ2n) is 6.16. The summed E-state index contributed by atoms with van der Waals surface area (Å²) >= 11 is 0. The van der Waals surface area contributed by atoms with Crippen LogP contribution in [0.1, 0.15) is 25.5 Å². The van der Waals surface area contributed by atoms with Crippen molar-refractivity contribution in [3.8, 4) is 0 Å². The van der Waals surface area contributed by atoms with Gasteiger partial charge in [-0.25, -0.2) is 8.42 Å². The highest BCUT2D eigenvalue weighted by Gasteiger charge is 2.20. The van der Waals surface area contributed by atoms with E-state index >= 15 is 0 Å². The first-order chi connectivity index (χ1) is 11.9. The van der Waals surface area contributed by atoms with Crippen molar-refractivity contribution in [3.63, 3.8) is 0 Å². The fraction of sp³-hybridized carbons (Fsp3) is 0.250. The lowest BCUT2D eigenvalue weighted by atomic mass is 10.0. The van der Waals surface area contributed by atoms with Crippen LogP contribution in [0.2, 0.25) is 0 Å². The van der Waals surface area contributed by atoms with E-state index in [1.54, 1.807) is 36.4 Å². The minimum Gasteiger partial charge on any atom is -0.300 e. The van der Waals surface area contributed by atoms with Crippen molar-refractivity contribution >= 4 is 20.7 Å². The maximum Gasteiger partial charge on any atom is 0.208 e. The van der Waals surface area contributed by atoms with E-state index in [0.29, 0.717) is 0 Å². The Bertz CT molecular complexity index is 985. The van der Waals surface area contributed by atoms with Gasteiger partial charge in [0.05, 0.1) is 15.3 Å². The second kappa shape index (κ2) is 6.94. The molecule has 0 aliphatic carbocycles. The van der Waals surface area contributed by atoms with Crippen molar-refractivity contribution in [2.45, 2.75) is 29.7 Å². The third-order valence-electron chi connectivity index (χ3n) is 4.69. The minimum absolute atomic E-state index is 0.206. The Balaban J connectivity index is 2.11. The number of para-hydroxylation sites is 1. The Labute approximate surface area is 149 Å². The first kappa shape index (κ1) is 17.6. The summed E-state index contributed by atoms with van der Waals surface area (Å²) in [5, 5.41) is 0.839. The van der Waals surface area contributed by atoms with Gasteiger partial charge in [-0.1, -0.05) is 43.3 Å². The lowest BCUT2D eigenvalue weighted by Gasteiger charge is -2.24. The predicted octanol–water partition coefficient (Wildman–Crippen LogP) is 4.08. The zero-order chi connectivity index (χ0) is 18.0. The number of hydrogen-bond donors (Lipinski definition) is 0. The number of rotatable bonds is 5. The molecule has 25 heavy (non-hydrogen) atoms. The molecule has 0 amide bonds. The Kier molecular flexibility index (Phi) is 4.88. The molecule has 5 heteroatoms. The number of pyridine rings is 1. The molecule has 0 bridgehead atoms. The van der Waals surface area contributed by atoms with Crippen LogP contribution in [0.5, 0.6) is 0 Å². The van der Waals surface area contributed by atoms with Gasteiger partial charge in [0, 0.05) is 17.6 Å². The highest BCUT2D eigenvalue weighted by molar-refractivity contribution is 7.91. The first-order valence-corrected chi connectivity index (χ1v) is 9.82. The van der Waals surface area contributed by atoms with Crippen LogP contribution in [-0.2, 0) is 9.84 Å². The van der Waals surface area contributed by atoms with Gasteiger partial charge in [0.2, 0.25) is 9.84 Å². The highest BCUT2D eigenvalue weighted by Crippen LogP contribution is 2.28. The fourth-order valence-corrected chi connectivity index (χ4v) is 4.16. The average Bonchev–Trinajstić information content (AvgIpc) is 2.66.